The molecule has 0 bridgehead atoms. The Labute approximate surface area is 130 Å². The average Bonchev–Trinajstić information content (AvgIpc) is 2.49. The van der Waals surface area contributed by atoms with E-state index in [2.05, 4.69) is 6.58 Å². The van der Waals surface area contributed by atoms with Crippen molar-refractivity contribution in [2.75, 3.05) is 6.61 Å². The second-order valence-corrected chi connectivity index (χ2v) is 4.52. The molecular weight excluding hydrogens is 308 g/mol. The van der Waals surface area contributed by atoms with Gasteiger partial charge in [-0.3, -0.25) is 0 Å². The van der Waals surface area contributed by atoms with Crippen molar-refractivity contribution in [2.45, 2.75) is 12.8 Å². The van der Waals surface area contributed by atoms with Gasteiger partial charge in [-0.15, -0.1) is 0 Å². The van der Waals surface area contributed by atoms with E-state index < -0.39 is 23.9 Å². The van der Waals surface area contributed by atoms with Crippen molar-refractivity contribution < 1.29 is 39.2 Å². The molecular formula is C15H14O8. The van der Waals surface area contributed by atoms with Crippen LogP contribution >= 0.6 is 0 Å². The highest BCUT2D eigenvalue weighted by molar-refractivity contribution is 6.04. The summed E-state index contributed by atoms with van der Waals surface area (Å²) in [7, 11) is 0. The molecule has 0 aliphatic heterocycles. The lowest BCUT2D eigenvalue weighted by molar-refractivity contribution is -0.132. The molecule has 0 aliphatic carbocycles. The highest BCUT2D eigenvalue weighted by Crippen LogP contribution is 2.15. The molecule has 122 valence electrons. The van der Waals surface area contributed by atoms with E-state index >= 15 is 0 Å². The fourth-order valence-corrected chi connectivity index (χ4v) is 1.67. The van der Waals surface area contributed by atoms with Crippen LogP contribution in [-0.4, -0.2) is 45.8 Å². The lowest BCUT2D eigenvalue weighted by Gasteiger charge is -2.08. The molecule has 0 atom stereocenters. The van der Waals surface area contributed by atoms with Crippen LogP contribution in [0.1, 0.15) is 43.9 Å². The van der Waals surface area contributed by atoms with Crippen LogP contribution in [0.25, 0.3) is 0 Å². The van der Waals surface area contributed by atoms with Crippen LogP contribution in [0.2, 0.25) is 0 Å². The van der Waals surface area contributed by atoms with Crippen molar-refractivity contribution in [3.63, 3.8) is 0 Å². The minimum atomic E-state index is -1.40. The summed E-state index contributed by atoms with van der Waals surface area (Å²) in [4.78, 5) is 44.4. The zero-order valence-corrected chi connectivity index (χ0v) is 11.9. The predicted octanol–water partition coefficient (Wildman–Crippen LogP) is 1.66. The van der Waals surface area contributed by atoms with Crippen LogP contribution in [0, 0.1) is 0 Å². The largest absolute Gasteiger partial charge is 0.478 e. The number of benzene rings is 1. The molecule has 0 saturated heterocycles. The molecule has 23 heavy (non-hydrogen) atoms. The van der Waals surface area contributed by atoms with E-state index in [1.807, 2.05) is 0 Å². The van der Waals surface area contributed by atoms with Crippen molar-refractivity contribution in [3.8, 4) is 0 Å². The Balaban J connectivity index is 2.80. The number of rotatable bonds is 8. The third kappa shape index (κ3) is 4.95. The minimum absolute atomic E-state index is 0.0415. The second-order valence-electron chi connectivity index (χ2n) is 4.52. The van der Waals surface area contributed by atoms with E-state index in [9.17, 15) is 19.2 Å². The summed E-state index contributed by atoms with van der Waals surface area (Å²) in [6.07, 6.45) is 0.293. The molecule has 0 radical (unpaired) electrons. The maximum Gasteiger partial charge on any atom is 0.339 e. The fraction of sp³-hybridized carbons (Fsp3) is 0.200. The molecule has 8 heteroatoms. The molecule has 0 unspecified atom stereocenters. The number of carbonyl (C=O) groups excluding carboxylic acids is 1. The molecule has 0 heterocycles. The van der Waals surface area contributed by atoms with E-state index in [4.69, 9.17) is 20.1 Å². The van der Waals surface area contributed by atoms with E-state index in [1.54, 1.807) is 0 Å². The predicted molar refractivity (Wildman–Crippen MR) is 76.7 cm³/mol. The Hall–Kier alpha value is -3.16. The van der Waals surface area contributed by atoms with Crippen molar-refractivity contribution >= 4 is 23.9 Å². The number of esters is 1. The summed E-state index contributed by atoms with van der Waals surface area (Å²) in [5.41, 5.74) is -1.05. The third-order valence-electron chi connectivity index (χ3n) is 2.88. The molecule has 0 fully saturated rings. The van der Waals surface area contributed by atoms with Crippen molar-refractivity contribution in [1.29, 1.82) is 0 Å². The fourth-order valence-electron chi connectivity index (χ4n) is 1.67. The van der Waals surface area contributed by atoms with Crippen LogP contribution in [0.15, 0.2) is 30.4 Å². The molecule has 0 spiro atoms. The van der Waals surface area contributed by atoms with Gasteiger partial charge in [-0.25, -0.2) is 19.2 Å². The molecule has 3 N–H and O–H groups in total. The number of ether oxygens (including phenoxy) is 1. The van der Waals surface area contributed by atoms with Crippen molar-refractivity contribution in [1.82, 2.24) is 0 Å². The molecule has 1 aromatic carbocycles. The van der Waals surface area contributed by atoms with Gasteiger partial charge in [-0.05, 0) is 31.0 Å². The maximum absolute atomic E-state index is 11.9. The van der Waals surface area contributed by atoms with Crippen molar-refractivity contribution in [3.05, 3.63) is 47.0 Å². The summed E-state index contributed by atoms with van der Waals surface area (Å²) in [5.74, 6) is -4.85. The molecule has 0 aromatic heterocycles. The van der Waals surface area contributed by atoms with Gasteiger partial charge < -0.3 is 20.1 Å². The van der Waals surface area contributed by atoms with E-state index in [0.717, 1.165) is 18.2 Å². The highest BCUT2D eigenvalue weighted by atomic mass is 16.5. The van der Waals surface area contributed by atoms with Gasteiger partial charge >= 0.3 is 23.9 Å². The van der Waals surface area contributed by atoms with Crippen molar-refractivity contribution in [2.24, 2.45) is 0 Å². The number of carboxylic acids is 3. The molecule has 0 amide bonds. The van der Waals surface area contributed by atoms with E-state index in [-0.39, 0.29) is 41.7 Å². The van der Waals surface area contributed by atoms with Gasteiger partial charge in [0.15, 0.2) is 0 Å². The van der Waals surface area contributed by atoms with Crippen LogP contribution in [0.3, 0.4) is 0 Å². The first kappa shape index (κ1) is 17.9. The summed E-state index contributed by atoms with van der Waals surface area (Å²) in [6, 6.07) is 3.00. The molecule has 8 nitrogen and oxygen atoms in total. The average molecular weight is 322 g/mol. The summed E-state index contributed by atoms with van der Waals surface area (Å²) >= 11 is 0. The van der Waals surface area contributed by atoms with Gasteiger partial charge in [-0.2, -0.15) is 0 Å². The zero-order valence-electron chi connectivity index (χ0n) is 11.9. The Morgan fingerprint density at radius 1 is 1.00 bits per heavy atom. The highest BCUT2D eigenvalue weighted by Gasteiger charge is 2.20. The van der Waals surface area contributed by atoms with Gasteiger partial charge in [0.05, 0.1) is 23.3 Å². The standard InChI is InChI=1S/C15H14O8/c1-8(12(16)17)3-2-6-23-15(22)11-7-9(13(18)19)4-5-10(11)14(20)21/h4-5,7H,1-3,6H2,(H,16,17)(H,18,19)(H,20,21). The number of aromatic carboxylic acids is 2. The maximum atomic E-state index is 11.9. The monoisotopic (exact) mass is 322 g/mol. The van der Waals surface area contributed by atoms with Gasteiger partial charge in [0.2, 0.25) is 0 Å². The van der Waals surface area contributed by atoms with Crippen LogP contribution < -0.4 is 0 Å². The van der Waals surface area contributed by atoms with Gasteiger partial charge in [0, 0.05) is 5.57 Å². The number of carboxylic acid groups (broad SMARTS) is 3. The van der Waals surface area contributed by atoms with Crippen LogP contribution in [-0.2, 0) is 9.53 Å². The first-order valence-electron chi connectivity index (χ1n) is 6.43. The Kier molecular flexibility index (Phi) is 6.02. The minimum Gasteiger partial charge on any atom is -0.478 e. The second kappa shape index (κ2) is 7.74. The Bertz CT molecular complexity index is 674. The van der Waals surface area contributed by atoms with E-state index in [0.29, 0.717) is 0 Å². The first-order chi connectivity index (χ1) is 10.7. The number of hydrogen-bond acceptors (Lipinski definition) is 5. The quantitative estimate of drug-likeness (QED) is 0.373. The normalized spacial score (nSPS) is 9.91. The Morgan fingerprint density at radius 2 is 1.65 bits per heavy atom. The third-order valence-corrected chi connectivity index (χ3v) is 2.88. The Morgan fingerprint density at radius 3 is 2.17 bits per heavy atom. The number of aliphatic carboxylic acids is 1. The number of hydrogen-bond donors (Lipinski definition) is 3. The molecule has 1 rings (SSSR count). The first-order valence-corrected chi connectivity index (χ1v) is 6.43. The molecule has 1 aromatic rings. The van der Waals surface area contributed by atoms with Crippen LogP contribution in [0.4, 0.5) is 0 Å². The SMILES string of the molecule is C=C(CCCOC(=O)c1cc(C(=O)O)ccc1C(=O)O)C(=O)O. The topological polar surface area (TPSA) is 138 Å². The molecule has 0 saturated carbocycles. The zero-order chi connectivity index (χ0) is 17.6. The summed E-state index contributed by atoms with van der Waals surface area (Å²) in [6.45, 7) is 3.16. The van der Waals surface area contributed by atoms with Gasteiger partial charge in [0.25, 0.3) is 0 Å². The summed E-state index contributed by atoms with van der Waals surface area (Å²) in [5, 5.41) is 26.5. The lowest BCUT2D eigenvalue weighted by atomic mass is 10.0. The van der Waals surface area contributed by atoms with Crippen LogP contribution in [0.5, 0.6) is 0 Å². The smallest absolute Gasteiger partial charge is 0.339 e. The van der Waals surface area contributed by atoms with E-state index in [1.165, 1.54) is 0 Å². The molecule has 0 aliphatic rings. The number of carbonyl (C=O) groups is 4. The van der Waals surface area contributed by atoms with Gasteiger partial charge in [-0.1, -0.05) is 6.58 Å². The van der Waals surface area contributed by atoms with Gasteiger partial charge in [0.1, 0.15) is 0 Å². The lowest BCUT2D eigenvalue weighted by Crippen LogP contribution is -2.14. The summed E-state index contributed by atoms with van der Waals surface area (Å²) < 4.78 is 4.85.